The number of esters is 4. The molecule has 0 aliphatic heterocycles. The van der Waals surface area contributed by atoms with Crippen LogP contribution in [0.15, 0.2) is 0 Å². The van der Waals surface area contributed by atoms with Gasteiger partial charge in [0.05, 0.1) is 38.5 Å². The summed E-state index contributed by atoms with van der Waals surface area (Å²) in [4.78, 5) is 53.4. The van der Waals surface area contributed by atoms with Crippen LogP contribution in [0, 0.1) is 6.92 Å². The summed E-state index contributed by atoms with van der Waals surface area (Å²) in [6.45, 7) is 1.49. The van der Waals surface area contributed by atoms with Gasteiger partial charge >= 0.3 is 23.9 Å². The molecule has 3 aromatic rings. The minimum atomic E-state index is -1.01. The number of pyridine rings is 1. The third kappa shape index (κ3) is 4.26. The van der Waals surface area contributed by atoms with Crippen molar-refractivity contribution in [3.05, 3.63) is 38.4 Å². The van der Waals surface area contributed by atoms with Gasteiger partial charge in [-0.25, -0.2) is 24.2 Å². The van der Waals surface area contributed by atoms with Gasteiger partial charge < -0.3 is 18.9 Å². The molecule has 0 bridgehead atoms. The van der Waals surface area contributed by atoms with E-state index in [0.717, 1.165) is 37.8 Å². The second kappa shape index (κ2) is 10.0. The number of nitrogens with zero attached hydrogens (tertiary/aromatic N) is 7. The molecule has 0 spiro atoms. The molecule has 0 N–H and O–H groups in total. The van der Waals surface area contributed by atoms with Crippen LogP contribution in [0.2, 0.25) is 10.0 Å². The second-order valence-electron chi connectivity index (χ2n) is 6.38. The van der Waals surface area contributed by atoms with E-state index in [2.05, 4.69) is 35.1 Å². The fourth-order valence-electron chi connectivity index (χ4n) is 2.80. The van der Waals surface area contributed by atoms with Crippen LogP contribution >= 0.6 is 23.2 Å². The summed E-state index contributed by atoms with van der Waals surface area (Å²) in [5.74, 6) is -4.48. The van der Waals surface area contributed by atoms with Crippen molar-refractivity contribution in [2.75, 3.05) is 28.4 Å². The Labute approximate surface area is 205 Å². The van der Waals surface area contributed by atoms with Gasteiger partial charge in [-0.05, 0) is 12.5 Å². The zero-order valence-corrected chi connectivity index (χ0v) is 20.2. The molecule has 0 fully saturated rings. The maximum Gasteiger partial charge on any atom is 0.361 e. The van der Waals surface area contributed by atoms with Gasteiger partial charge in [0.15, 0.2) is 23.0 Å². The minimum absolute atomic E-state index is 0.0989. The van der Waals surface area contributed by atoms with Crippen molar-refractivity contribution in [3.63, 3.8) is 0 Å². The molecule has 15 nitrogen and oxygen atoms in total. The van der Waals surface area contributed by atoms with Crippen LogP contribution in [-0.4, -0.2) is 87.3 Å². The molecule has 0 aromatic carbocycles. The summed E-state index contributed by atoms with van der Waals surface area (Å²) < 4.78 is 20.3. The Hall–Kier alpha value is -4.11. The number of hydrogen-bond acceptors (Lipinski definition) is 13. The summed E-state index contributed by atoms with van der Waals surface area (Å²) in [5.41, 5.74) is -1.66. The van der Waals surface area contributed by atoms with Crippen molar-refractivity contribution >= 4 is 47.1 Å². The van der Waals surface area contributed by atoms with E-state index in [-0.39, 0.29) is 27.2 Å². The Bertz CT molecular complexity index is 1270. The summed E-state index contributed by atoms with van der Waals surface area (Å²) in [6.07, 6.45) is 0. The molecule has 0 aliphatic rings. The Morgan fingerprint density at radius 3 is 1.31 bits per heavy atom. The molecule has 0 unspecified atom stereocenters. The average Bonchev–Trinajstić information content (AvgIpc) is 3.50. The largest absolute Gasteiger partial charge is 0.464 e. The quantitative estimate of drug-likeness (QED) is 0.327. The van der Waals surface area contributed by atoms with E-state index in [1.54, 1.807) is 0 Å². The molecule has 0 atom stereocenters. The SMILES string of the molecule is COC(=O)c1nnn(-c2nc(-n3nnc(C(=O)OC)c3C(=O)OC)c(Cl)c(C)c2Cl)c1C(=O)OC. The number of halogens is 2. The third-order valence-corrected chi connectivity index (χ3v) is 5.42. The van der Waals surface area contributed by atoms with Gasteiger partial charge in [-0.1, -0.05) is 33.6 Å². The molecule has 0 aliphatic carbocycles. The first kappa shape index (κ1) is 25.5. The Morgan fingerprint density at radius 1 is 0.657 bits per heavy atom. The van der Waals surface area contributed by atoms with Crippen molar-refractivity contribution < 1.29 is 38.1 Å². The summed E-state index contributed by atoms with van der Waals surface area (Å²) in [6, 6.07) is 0. The topological polar surface area (TPSA) is 180 Å². The van der Waals surface area contributed by atoms with Gasteiger partial charge in [0.25, 0.3) is 0 Å². The highest BCUT2D eigenvalue weighted by Gasteiger charge is 2.33. The smallest absolute Gasteiger partial charge is 0.361 e. The summed E-state index contributed by atoms with van der Waals surface area (Å²) in [7, 11) is 4.30. The first-order valence-electron chi connectivity index (χ1n) is 9.23. The standard InChI is InChI=1S/C18H15Cl2N7O8/c1-6-7(19)13(26-11(17(30)34-4)9(22-24-26)15(28)32-2)21-14(8(6)20)27-12(18(31)35-5)10(23-25-27)16(29)33-3/h1-5H3. The number of carbonyl (C=O) groups is 4. The van der Waals surface area contributed by atoms with Gasteiger partial charge in [-0.15, -0.1) is 10.2 Å². The van der Waals surface area contributed by atoms with E-state index in [9.17, 15) is 19.2 Å². The fraction of sp³-hybridized carbons (Fsp3) is 0.278. The highest BCUT2D eigenvalue weighted by Crippen LogP contribution is 2.34. The molecule has 0 radical (unpaired) electrons. The zero-order valence-electron chi connectivity index (χ0n) is 18.7. The molecule has 0 saturated heterocycles. The number of methoxy groups -OCH3 is 4. The lowest BCUT2D eigenvalue weighted by molar-refractivity contribution is 0.0545. The van der Waals surface area contributed by atoms with Gasteiger partial charge in [-0.2, -0.15) is 9.36 Å². The van der Waals surface area contributed by atoms with Gasteiger partial charge in [0.1, 0.15) is 0 Å². The Balaban J connectivity index is 2.37. The van der Waals surface area contributed by atoms with E-state index >= 15 is 0 Å². The van der Waals surface area contributed by atoms with Crippen molar-refractivity contribution in [1.82, 2.24) is 35.0 Å². The van der Waals surface area contributed by atoms with Crippen LogP contribution < -0.4 is 0 Å². The predicted octanol–water partition coefficient (Wildman–Crippen LogP) is 1.00. The fourth-order valence-corrected chi connectivity index (χ4v) is 3.28. The molecule has 3 heterocycles. The highest BCUT2D eigenvalue weighted by atomic mass is 35.5. The number of rotatable bonds is 6. The van der Waals surface area contributed by atoms with E-state index in [4.69, 9.17) is 32.7 Å². The van der Waals surface area contributed by atoms with Crippen LogP contribution in [0.4, 0.5) is 0 Å². The van der Waals surface area contributed by atoms with E-state index in [0.29, 0.717) is 0 Å². The number of hydrogen-bond donors (Lipinski definition) is 0. The molecule has 0 amide bonds. The number of carbonyl (C=O) groups excluding carboxylic acids is 4. The van der Waals surface area contributed by atoms with Crippen LogP contribution in [0.5, 0.6) is 0 Å². The molecular formula is C18H15Cl2N7O8. The minimum Gasteiger partial charge on any atom is -0.464 e. The molecule has 0 saturated carbocycles. The molecule has 3 rings (SSSR count). The lowest BCUT2D eigenvalue weighted by Gasteiger charge is -2.14. The zero-order chi connectivity index (χ0) is 26.0. The van der Waals surface area contributed by atoms with Gasteiger partial charge in [-0.3, -0.25) is 0 Å². The first-order chi connectivity index (χ1) is 16.6. The Morgan fingerprint density at radius 2 is 1.00 bits per heavy atom. The van der Waals surface area contributed by atoms with Crippen LogP contribution in [0.3, 0.4) is 0 Å². The van der Waals surface area contributed by atoms with Crippen LogP contribution in [0.25, 0.3) is 11.6 Å². The second-order valence-corrected chi connectivity index (χ2v) is 7.13. The van der Waals surface area contributed by atoms with E-state index in [1.165, 1.54) is 6.92 Å². The Kier molecular flexibility index (Phi) is 7.31. The van der Waals surface area contributed by atoms with Crippen molar-refractivity contribution in [1.29, 1.82) is 0 Å². The van der Waals surface area contributed by atoms with Crippen molar-refractivity contribution in [2.24, 2.45) is 0 Å². The molecular weight excluding hydrogens is 513 g/mol. The normalized spacial score (nSPS) is 10.6. The van der Waals surface area contributed by atoms with Crippen LogP contribution in [-0.2, 0) is 18.9 Å². The lowest BCUT2D eigenvalue weighted by Crippen LogP contribution is -2.19. The molecule has 3 aromatic heterocycles. The maximum absolute atomic E-state index is 12.5. The average molecular weight is 528 g/mol. The predicted molar refractivity (Wildman–Crippen MR) is 114 cm³/mol. The van der Waals surface area contributed by atoms with Gasteiger partial charge in [0.2, 0.25) is 11.4 Å². The highest BCUT2D eigenvalue weighted by molar-refractivity contribution is 6.37. The molecule has 184 valence electrons. The monoisotopic (exact) mass is 527 g/mol. The third-order valence-electron chi connectivity index (χ3n) is 4.52. The van der Waals surface area contributed by atoms with Crippen molar-refractivity contribution in [2.45, 2.75) is 6.92 Å². The summed E-state index contributed by atoms with van der Waals surface area (Å²) >= 11 is 12.9. The number of ether oxygens (including phenoxy) is 4. The van der Waals surface area contributed by atoms with E-state index < -0.39 is 46.7 Å². The number of aromatic nitrogens is 7. The summed E-state index contributed by atoms with van der Waals surface area (Å²) in [5, 5.41) is 14.7. The maximum atomic E-state index is 12.5. The van der Waals surface area contributed by atoms with E-state index in [1.807, 2.05) is 0 Å². The van der Waals surface area contributed by atoms with Crippen LogP contribution in [0.1, 0.15) is 47.5 Å². The first-order valence-corrected chi connectivity index (χ1v) is 9.99. The van der Waals surface area contributed by atoms with Crippen molar-refractivity contribution in [3.8, 4) is 11.6 Å². The van der Waals surface area contributed by atoms with Gasteiger partial charge in [0, 0.05) is 0 Å². The lowest BCUT2D eigenvalue weighted by atomic mass is 10.2. The molecule has 35 heavy (non-hydrogen) atoms. The molecule has 17 heteroatoms.